The van der Waals surface area contributed by atoms with Crippen LogP contribution in [0.5, 0.6) is 0 Å². The maximum absolute atomic E-state index is 3.82. The van der Waals surface area contributed by atoms with Crippen LogP contribution in [0.25, 0.3) is 0 Å². The van der Waals surface area contributed by atoms with Crippen molar-refractivity contribution in [3.63, 3.8) is 0 Å². The largest absolute Gasteiger partial charge is 0.0786 e. The smallest absolute Gasteiger partial charge is 0.0655 e. The fourth-order valence-corrected chi connectivity index (χ4v) is 3.80. The number of aryl methyl sites for hydroxylation is 1. The second-order valence-electron chi connectivity index (χ2n) is 5.73. The van der Waals surface area contributed by atoms with Gasteiger partial charge in [-0.1, -0.05) is 87.7 Å². The number of alkyl halides is 1. The highest BCUT2D eigenvalue weighted by atomic mass is 79.9. The first-order valence-electron chi connectivity index (χ1n) is 6.96. The SMILES string of the molecule is Cc1ccc(Br)c(C(Br)c2ccc(CC(C)C)cc2)c1. The molecule has 0 bridgehead atoms. The third-order valence-electron chi connectivity index (χ3n) is 3.34. The Morgan fingerprint density at radius 1 is 1.00 bits per heavy atom. The molecule has 0 radical (unpaired) electrons. The molecule has 2 aromatic rings. The summed E-state index contributed by atoms with van der Waals surface area (Å²) in [5.41, 5.74) is 5.27. The Bertz CT molecular complexity index is 570. The lowest BCUT2D eigenvalue weighted by molar-refractivity contribution is 0.647. The van der Waals surface area contributed by atoms with Crippen molar-refractivity contribution < 1.29 is 0 Å². The van der Waals surface area contributed by atoms with E-state index in [-0.39, 0.29) is 4.83 Å². The number of rotatable bonds is 4. The minimum Gasteiger partial charge on any atom is -0.0786 e. The van der Waals surface area contributed by atoms with Crippen molar-refractivity contribution in [2.45, 2.75) is 32.0 Å². The van der Waals surface area contributed by atoms with E-state index in [4.69, 9.17) is 0 Å². The summed E-state index contributed by atoms with van der Waals surface area (Å²) < 4.78 is 1.15. The summed E-state index contributed by atoms with van der Waals surface area (Å²) in [6, 6.07) is 15.4. The number of halogens is 2. The van der Waals surface area contributed by atoms with Gasteiger partial charge in [0.2, 0.25) is 0 Å². The molecule has 0 heterocycles. The van der Waals surface area contributed by atoms with Gasteiger partial charge in [-0.15, -0.1) is 0 Å². The van der Waals surface area contributed by atoms with Crippen LogP contribution in [0, 0.1) is 12.8 Å². The summed E-state index contributed by atoms with van der Waals surface area (Å²) in [5, 5.41) is 0. The highest BCUT2D eigenvalue weighted by molar-refractivity contribution is 9.11. The molecule has 0 aromatic heterocycles. The molecule has 0 fully saturated rings. The summed E-state index contributed by atoms with van der Waals surface area (Å²) in [4.78, 5) is 0.227. The van der Waals surface area contributed by atoms with E-state index >= 15 is 0 Å². The first-order chi connectivity index (χ1) is 9.47. The number of benzene rings is 2. The Balaban J connectivity index is 2.24. The molecular weight excluding hydrogens is 376 g/mol. The molecule has 0 aliphatic carbocycles. The normalized spacial score (nSPS) is 12.7. The van der Waals surface area contributed by atoms with E-state index in [0.717, 1.165) is 10.9 Å². The molecule has 0 saturated carbocycles. The zero-order valence-corrected chi connectivity index (χ0v) is 15.3. The summed E-state index contributed by atoms with van der Waals surface area (Å²) in [6.07, 6.45) is 1.14. The zero-order valence-electron chi connectivity index (χ0n) is 12.2. The molecular formula is C18H20Br2. The van der Waals surface area contributed by atoms with Gasteiger partial charge in [-0.2, -0.15) is 0 Å². The van der Waals surface area contributed by atoms with Gasteiger partial charge in [-0.25, -0.2) is 0 Å². The van der Waals surface area contributed by atoms with Gasteiger partial charge in [0.15, 0.2) is 0 Å². The van der Waals surface area contributed by atoms with E-state index in [1.165, 1.54) is 22.3 Å². The van der Waals surface area contributed by atoms with Gasteiger partial charge < -0.3 is 0 Å². The molecule has 106 valence electrons. The van der Waals surface area contributed by atoms with Crippen LogP contribution in [0.15, 0.2) is 46.9 Å². The Morgan fingerprint density at radius 3 is 2.25 bits per heavy atom. The number of hydrogen-bond acceptors (Lipinski definition) is 0. The van der Waals surface area contributed by atoms with E-state index in [0.29, 0.717) is 5.92 Å². The van der Waals surface area contributed by atoms with Crippen molar-refractivity contribution in [3.8, 4) is 0 Å². The molecule has 2 rings (SSSR count). The summed E-state index contributed by atoms with van der Waals surface area (Å²) >= 11 is 7.47. The quantitative estimate of drug-likeness (QED) is 0.522. The Hall–Kier alpha value is -0.600. The lowest BCUT2D eigenvalue weighted by Crippen LogP contribution is -1.97. The van der Waals surface area contributed by atoms with Crippen LogP contribution in [0.1, 0.15) is 40.9 Å². The number of hydrogen-bond donors (Lipinski definition) is 0. The molecule has 1 atom stereocenters. The van der Waals surface area contributed by atoms with Gasteiger partial charge in [-0.05, 0) is 42.0 Å². The fourth-order valence-electron chi connectivity index (χ4n) is 2.33. The van der Waals surface area contributed by atoms with Crippen LogP contribution in [-0.4, -0.2) is 0 Å². The van der Waals surface area contributed by atoms with E-state index < -0.39 is 0 Å². The molecule has 0 amide bonds. The summed E-state index contributed by atoms with van der Waals surface area (Å²) in [7, 11) is 0. The van der Waals surface area contributed by atoms with E-state index in [2.05, 4.69) is 95.1 Å². The van der Waals surface area contributed by atoms with Crippen LogP contribution in [0.2, 0.25) is 0 Å². The molecule has 2 heteroatoms. The maximum Gasteiger partial charge on any atom is 0.0655 e. The van der Waals surface area contributed by atoms with E-state index in [1.54, 1.807) is 0 Å². The monoisotopic (exact) mass is 394 g/mol. The van der Waals surface area contributed by atoms with Gasteiger partial charge in [0.25, 0.3) is 0 Å². The zero-order chi connectivity index (χ0) is 14.7. The van der Waals surface area contributed by atoms with Gasteiger partial charge in [0, 0.05) is 4.47 Å². The highest BCUT2D eigenvalue weighted by Crippen LogP contribution is 2.36. The molecule has 0 saturated heterocycles. The van der Waals surface area contributed by atoms with Gasteiger partial charge in [-0.3, -0.25) is 0 Å². The third kappa shape index (κ3) is 3.95. The Labute approximate surface area is 138 Å². The van der Waals surface area contributed by atoms with E-state index in [9.17, 15) is 0 Å². The molecule has 20 heavy (non-hydrogen) atoms. The van der Waals surface area contributed by atoms with Crippen LogP contribution in [0.3, 0.4) is 0 Å². The van der Waals surface area contributed by atoms with Crippen LogP contribution in [0.4, 0.5) is 0 Å². The highest BCUT2D eigenvalue weighted by Gasteiger charge is 2.13. The molecule has 0 N–H and O–H groups in total. The van der Waals surface area contributed by atoms with E-state index in [1.807, 2.05) is 0 Å². The van der Waals surface area contributed by atoms with Crippen molar-refractivity contribution >= 4 is 31.9 Å². The molecule has 2 aromatic carbocycles. The lowest BCUT2D eigenvalue weighted by atomic mass is 9.98. The predicted octanol–water partition coefficient (Wildman–Crippen LogP) is 6.44. The molecule has 1 unspecified atom stereocenters. The third-order valence-corrected chi connectivity index (χ3v) is 5.08. The second-order valence-corrected chi connectivity index (χ2v) is 7.50. The van der Waals surface area contributed by atoms with Crippen molar-refractivity contribution in [2.75, 3.05) is 0 Å². The van der Waals surface area contributed by atoms with Crippen molar-refractivity contribution in [2.24, 2.45) is 5.92 Å². The van der Waals surface area contributed by atoms with Crippen molar-refractivity contribution in [3.05, 3.63) is 69.2 Å². The lowest BCUT2D eigenvalue weighted by Gasteiger charge is -2.14. The fraction of sp³-hybridized carbons (Fsp3) is 0.333. The predicted molar refractivity (Wildman–Crippen MR) is 94.6 cm³/mol. The molecule has 0 nitrogen and oxygen atoms in total. The minimum atomic E-state index is 0.227. The molecule has 0 spiro atoms. The van der Waals surface area contributed by atoms with Crippen LogP contribution >= 0.6 is 31.9 Å². The molecule has 0 aliphatic rings. The summed E-state index contributed by atoms with van der Waals surface area (Å²) in [6.45, 7) is 6.64. The maximum atomic E-state index is 3.82. The van der Waals surface area contributed by atoms with Crippen molar-refractivity contribution in [1.29, 1.82) is 0 Å². The first kappa shape index (κ1) is 15.8. The topological polar surface area (TPSA) is 0 Å². The van der Waals surface area contributed by atoms with Gasteiger partial charge in [0.05, 0.1) is 4.83 Å². The average molecular weight is 396 g/mol. The second kappa shape index (κ2) is 6.91. The first-order valence-corrected chi connectivity index (χ1v) is 8.67. The Kier molecular flexibility index (Phi) is 5.45. The van der Waals surface area contributed by atoms with Gasteiger partial charge >= 0.3 is 0 Å². The van der Waals surface area contributed by atoms with Crippen LogP contribution < -0.4 is 0 Å². The van der Waals surface area contributed by atoms with Crippen molar-refractivity contribution in [1.82, 2.24) is 0 Å². The Morgan fingerprint density at radius 2 is 1.65 bits per heavy atom. The van der Waals surface area contributed by atoms with Gasteiger partial charge in [0.1, 0.15) is 0 Å². The molecule has 0 aliphatic heterocycles. The van der Waals surface area contributed by atoms with Crippen LogP contribution in [-0.2, 0) is 6.42 Å². The average Bonchev–Trinajstić information content (AvgIpc) is 2.41. The summed E-state index contributed by atoms with van der Waals surface area (Å²) in [5.74, 6) is 0.700. The standard InChI is InChI=1S/C18H20Br2/c1-12(2)10-14-5-7-15(8-6-14)18(20)16-11-13(3)4-9-17(16)19/h4-9,11-12,18H,10H2,1-3H3. The minimum absolute atomic E-state index is 0.227.